The number of aromatic amines is 1. The molecule has 0 bridgehead atoms. The van der Waals surface area contributed by atoms with E-state index in [1.165, 1.54) is 10.6 Å². The summed E-state index contributed by atoms with van der Waals surface area (Å²) in [4.78, 5) is 18.5. The van der Waals surface area contributed by atoms with Crippen molar-refractivity contribution in [3.63, 3.8) is 0 Å². The van der Waals surface area contributed by atoms with Gasteiger partial charge >= 0.3 is 5.69 Å². The lowest BCUT2D eigenvalue weighted by atomic mass is 10.1. The largest absolute Gasteiger partial charge is 0.331 e. The topological polar surface area (TPSA) is 96.3 Å². The van der Waals surface area contributed by atoms with Crippen LogP contribution in [0.1, 0.15) is 0 Å². The summed E-state index contributed by atoms with van der Waals surface area (Å²) in [6.07, 6.45) is 4.26. The summed E-state index contributed by atoms with van der Waals surface area (Å²) in [5.41, 5.74) is 2.19. The second kappa shape index (κ2) is 4.74. The van der Waals surface area contributed by atoms with E-state index in [9.17, 15) is 13.2 Å². The summed E-state index contributed by atoms with van der Waals surface area (Å²) < 4.78 is 26.1. The van der Waals surface area contributed by atoms with Crippen LogP contribution in [0.4, 0.5) is 5.69 Å². The maximum atomic E-state index is 11.6. The predicted molar refractivity (Wildman–Crippen MR) is 79.7 cm³/mol. The molecule has 2 N–H and O–H groups in total. The molecule has 0 aliphatic rings. The SMILES string of the molecule is CS(=O)(=O)Nc1ccc(-c2cn3c(=O)[nH]ccc3n2)cc1. The number of rotatable bonds is 3. The first-order chi connectivity index (χ1) is 9.92. The first-order valence-corrected chi connectivity index (χ1v) is 7.96. The van der Waals surface area contributed by atoms with Gasteiger partial charge in [0.15, 0.2) is 0 Å². The average molecular weight is 304 g/mol. The Labute approximate surface area is 120 Å². The quantitative estimate of drug-likeness (QED) is 0.756. The third-order valence-corrected chi connectivity index (χ3v) is 3.48. The van der Waals surface area contributed by atoms with Crippen molar-refractivity contribution in [3.8, 4) is 11.3 Å². The third kappa shape index (κ3) is 2.79. The van der Waals surface area contributed by atoms with E-state index in [1.807, 2.05) is 0 Å². The number of nitrogens with zero attached hydrogens (tertiary/aromatic N) is 2. The van der Waals surface area contributed by atoms with Crippen LogP contribution in [0, 0.1) is 0 Å². The molecule has 0 aliphatic carbocycles. The summed E-state index contributed by atoms with van der Waals surface area (Å²) in [7, 11) is -3.30. The molecule has 108 valence electrons. The Bertz CT molecular complexity index is 955. The Morgan fingerprint density at radius 1 is 1.19 bits per heavy atom. The molecular formula is C13H12N4O3S. The highest BCUT2D eigenvalue weighted by Gasteiger charge is 2.07. The molecule has 0 fully saturated rings. The molecule has 7 nitrogen and oxygen atoms in total. The number of H-pyrrole nitrogens is 1. The van der Waals surface area contributed by atoms with Crippen molar-refractivity contribution < 1.29 is 8.42 Å². The molecule has 3 aromatic rings. The van der Waals surface area contributed by atoms with Crippen LogP contribution in [0.3, 0.4) is 0 Å². The first-order valence-electron chi connectivity index (χ1n) is 6.07. The molecule has 0 atom stereocenters. The highest BCUT2D eigenvalue weighted by molar-refractivity contribution is 7.92. The minimum atomic E-state index is -3.30. The van der Waals surface area contributed by atoms with Crippen molar-refractivity contribution in [1.82, 2.24) is 14.4 Å². The molecule has 0 unspecified atom stereocenters. The van der Waals surface area contributed by atoms with Gasteiger partial charge < -0.3 is 4.98 Å². The van der Waals surface area contributed by atoms with Crippen molar-refractivity contribution >= 4 is 21.4 Å². The number of hydrogen-bond acceptors (Lipinski definition) is 4. The fourth-order valence-corrected chi connectivity index (χ4v) is 2.56. The Balaban J connectivity index is 1.99. The fourth-order valence-electron chi connectivity index (χ4n) is 1.99. The smallest absolute Gasteiger partial charge is 0.314 e. The molecule has 0 spiro atoms. The van der Waals surface area contributed by atoms with Crippen LogP contribution in [0.15, 0.2) is 47.5 Å². The zero-order valence-electron chi connectivity index (χ0n) is 11.1. The Kier molecular flexibility index (Phi) is 3.02. The molecule has 21 heavy (non-hydrogen) atoms. The molecule has 0 aliphatic heterocycles. The van der Waals surface area contributed by atoms with Gasteiger partial charge in [-0.05, 0) is 18.2 Å². The van der Waals surface area contributed by atoms with E-state index in [-0.39, 0.29) is 5.69 Å². The zero-order chi connectivity index (χ0) is 15.0. The molecule has 3 rings (SSSR count). The molecule has 8 heteroatoms. The van der Waals surface area contributed by atoms with Gasteiger partial charge in [0.25, 0.3) is 0 Å². The van der Waals surface area contributed by atoms with Crippen molar-refractivity contribution in [2.45, 2.75) is 0 Å². The van der Waals surface area contributed by atoms with Crippen LogP contribution in [0.2, 0.25) is 0 Å². The van der Waals surface area contributed by atoms with E-state index in [1.54, 1.807) is 36.5 Å². The molecule has 0 amide bonds. The number of anilines is 1. The molecule has 2 heterocycles. The molecular weight excluding hydrogens is 292 g/mol. The van der Waals surface area contributed by atoms with Crippen molar-refractivity contribution in [1.29, 1.82) is 0 Å². The number of sulfonamides is 1. The number of imidazole rings is 1. The van der Waals surface area contributed by atoms with Gasteiger partial charge in [-0.1, -0.05) is 12.1 Å². The van der Waals surface area contributed by atoms with Crippen molar-refractivity contribution in [2.24, 2.45) is 0 Å². The molecule has 2 aromatic heterocycles. The molecule has 1 aromatic carbocycles. The van der Waals surface area contributed by atoms with Crippen LogP contribution < -0.4 is 10.4 Å². The molecule has 0 radical (unpaired) electrons. The monoisotopic (exact) mass is 304 g/mol. The number of hydrogen-bond donors (Lipinski definition) is 2. The van der Waals surface area contributed by atoms with E-state index >= 15 is 0 Å². The number of benzene rings is 1. The van der Waals surface area contributed by atoms with E-state index in [0.29, 0.717) is 17.0 Å². The van der Waals surface area contributed by atoms with Crippen LogP contribution >= 0.6 is 0 Å². The van der Waals surface area contributed by atoms with Gasteiger partial charge in [0.1, 0.15) is 5.65 Å². The normalized spacial score (nSPS) is 11.7. The lowest BCUT2D eigenvalue weighted by Gasteiger charge is -2.04. The van der Waals surface area contributed by atoms with Gasteiger partial charge in [-0.15, -0.1) is 0 Å². The standard InChI is InChI=1S/C13H12N4O3S/c1-21(19,20)16-10-4-2-9(3-5-10)11-8-17-12(15-11)6-7-14-13(17)18/h2-8,16H,1H3,(H,14,18). The summed E-state index contributed by atoms with van der Waals surface area (Å²) in [6, 6.07) is 8.46. The number of nitrogens with one attached hydrogen (secondary N) is 2. The minimum Gasteiger partial charge on any atom is -0.314 e. The third-order valence-electron chi connectivity index (χ3n) is 2.88. The van der Waals surface area contributed by atoms with Gasteiger partial charge in [-0.3, -0.25) is 9.12 Å². The second-order valence-electron chi connectivity index (χ2n) is 4.59. The van der Waals surface area contributed by atoms with E-state index in [4.69, 9.17) is 0 Å². The van der Waals surface area contributed by atoms with Crippen LogP contribution in [-0.4, -0.2) is 29.0 Å². The van der Waals surface area contributed by atoms with Crippen LogP contribution in [0.5, 0.6) is 0 Å². The lowest BCUT2D eigenvalue weighted by molar-refractivity contribution is 0.607. The summed E-state index contributed by atoms with van der Waals surface area (Å²) in [6.45, 7) is 0. The van der Waals surface area contributed by atoms with Crippen molar-refractivity contribution in [2.75, 3.05) is 11.0 Å². The second-order valence-corrected chi connectivity index (χ2v) is 6.34. The Morgan fingerprint density at radius 3 is 2.52 bits per heavy atom. The van der Waals surface area contributed by atoms with Gasteiger partial charge in [-0.25, -0.2) is 18.2 Å². The Morgan fingerprint density at radius 2 is 1.90 bits per heavy atom. The molecule has 0 saturated carbocycles. The van der Waals surface area contributed by atoms with Gasteiger partial charge in [-0.2, -0.15) is 0 Å². The Hall–Kier alpha value is -2.61. The van der Waals surface area contributed by atoms with Gasteiger partial charge in [0, 0.05) is 23.6 Å². The first kappa shape index (κ1) is 13.4. The van der Waals surface area contributed by atoms with Gasteiger partial charge in [0.2, 0.25) is 10.0 Å². The predicted octanol–water partition coefficient (Wildman–Crippen LogP) is 1.06. The lowest BCUT2D eigenvalue weighted by Crippen LogP contribution is -2.13. The maximum absolute atomic E-state index is 11.6. The zero-order valence-corrected chi connectivity index (χ0v) is 11.9. The van der Waals surface area contributed by atoms with Crippen LogP contribution in [-0.2, 0) is 10.0 Å². The van der Waals surface area contributed by atoms with E-state index in [2.05, 4.69) is 14.7 Å². The maximum Gasteiger partial charge on any atom is 0.331 e. The minimum absolute atomic E-state index is 0.262. The molecule has 0 saturated heterocycles. The highest BCUT2D eigenvalue weighted by Crippen LogP contribution is 2.20. The summed E-state index contributed by atoms with van der Waals surface area (Å²) in [5.74, 6) is 0. The van der Waals surface area contributed by atoms with E-state index in [0.717, 1.165) is 11.8 Å². The number of fused-ring (bicyclic) bond motifs is 1. The van der Waals surface area contributed by atoms with Crippen LogP contribution in [0.25, 0.3) is 16.9 Å². The average Bonchev–Trinajstić information content (AvgIpc) is 2.83. The summed E-state index contributed by atoms with van der Waals surface area (Å²) in [5, 5.41) is 0. The highest BCUT2D eigenvalue weighted by atomic mass is 32.2. The van der Waals surface area contributed by atoms with Gasteiger partial charge in [0.05, 0.1) is 11.9 Å². The van der Waals surface area contributed by atoms with Crippen molar-refractivity contribution in [3.05, 3.63) is 53.2 Å². The van der Waals surface area contributed by atoms with E-state index < -0.39 is 10.0 Å². The summed E-state index contributed by atoms with van der Waals surface area (Å²) >= 11 is 0. The number of aromatic nitrogens is 3. The fraction of sp³-hybridized carbons (Fsp3) is 0.0769.